The van der Waals surface area contributed by atoms with Crippen molar-refractivity contribution in [3.63, 3.8) is 0 Å². The van der Waals surface area contributed by atoms with Crippen LogP contribution in [0.15, 0.2) is 24.3 Å². The van der Waals surface area contributed by atoms with Crippen molar-refractivity contribution in [2.45, 2.75) is 19.8 Å². The highest BCUT2D eigenvalue weighted by Gasteiger charge is 2.14. The Morgan fingerprint density at radius 2 is 1.85 bits per heavy atom. The first-order valence-electron chi connectivity index (χ1n) is 6.89. The lowest BCUT2D eigenvalue weighted by Crippen LogP contribution is -2.34. The van der Waals surface area contributed by atoms with Crippen LogP contribution in [0.5, 0.6) is 0 Å². The van der Waals surface area contributed by atoms with E-state index in [9.17, 15) is 9.59 Å². The predicted molar refractivity (Wildman–Crippen MR) is 83.5 cm³/mol. The number of amides is 2. The Bertz CT molecular complexity index is 467. The molecule has 1 aromatic carbocycles. The summed E-state index contributed by atoms with van der Waals surface area (Å²) in [7, 11) is 0. The molecule has 5 heteroatoms. The van der Waals surface area contributed by atoms with Crippen molar-refractivity contribution in [1.82, 2.24) is 5.32 Å². The number of thioether (sulfide) groups is 1. The summed E-state index contributed by atoms with van der Waals surface area (Å²) >= 11 is 1.98. The maximum atomic E-state index is 11.8. The van der Waals surface area contributed by atoms with Crippen LogP contribution >= 0.6 is 11.8 Å². The fraction of sp³-hybridized carbons (Fsp3) is 0.467. The third kappa shape index (κ3) is 4.56. The zero-order valence-corrected chi connectivity index (χ0v) is 12.5. The van der Waals surface area contributed by atoms with Crippen molar-refractivity contribution >= 4 is 29.3 Å². The summed E-state index contributed by atoms with van der Waals surface area (Å²) in [5, 5.41) is 5.69. The van der Waals surface area contributed by atoms with Crippen molar-refractivity contribution in [2.75, 3.05) is 23.4 Å². The second kappa shape index (κ2) is 7.33. The summed E-state index contributed by atoms with van der Waals surface area (Å²) in [6.45, 7) is 2.26. The first kappa shape index (κ1) is 14.9. The minimum absolute atomic E-state index is 0.0242. The summed E-state index contributed by atoms with van der Waals surface area (Å²) in [6, 6.07) is 6.74. The summed E-state index contributed by atoms with van der Waals surface area (Å²) in [6.07, 6.45) is 2.36. The van der Waals surface area contributed by atoms with E-state index in [1.807, 2.05) is 11.8 Å². The molecule has 1 saturated heterocycles. The molecular formula is C15H20N2O2S. The lowest BCUT2D eigenvalue weighted by molar-refractivity contribution is 0.101. The number of urea groups is 1. The van der Waals surface area contributed by atoms with E-state index in [-0.39, 0.29) is 11.8 Å². The minimum Gasteiger partial charge on any atom is -0.338 e. The molecule has 1 aliphatic rings. The first-order valence-corrected chi connectivity index (χ1v) is 8.04. The zero-order chi connectivity index (χ0) is 14.4. The Labute approximate surface area is 123 Å². The van der Waals surface area contributed by atoms with Gasteiger partial charge in [0, 0.05) is 17.8 Å². The molecule has 20 heavy (non-hydrogen) atoms. The van der Waals surface area contributed by atoms with Crippen LogP contribution in [0.25, 0.3) is 0 Å². The fourth-order valence-corrected chi connectivity index (χ4v) is 3.36. The third-order valence-electron chi connectivity index (χ3n) is 3.44. The van der Waals surface area contributed by atoms with Gasteiger partial charge in [-0.15, -0.1) is 0 Å². The molecular weight excluding hydrogens is 272 g/mol. The molecule has 0 saturated carbocycles. The van der Waals surface area contributed by atoms with Crippen molar-refractivity contribution in [3.05, 3.63) is 29.8 Å². The number of hydrogen-bond acceptors (Lipinski definition) is 3. The molecule has 2 amide bonds. The van der Waals surface area contributed by atoms with Gasteiger partial charge in [-0.05, 0) is 61.5 Å². The maximum Gasteiger partial charge on any atom is 0.319 e. The second-order valence-electron chi connectivity index (χ2n) is 5.02. The van der Waals surface area contributed by atoms with Crippen LogP contribution in [0.4, 0.5) is 10.5 Å². The van der Waals surface area contributed by atoms with Gasteiger partial charge in [0.2, 0.25) is 0 Å². The van der Waals surface area contributed by atoms with Gasteiger partial charge in [-0.2, -0.15) is 11.8 Å². The van der Waals surface area contributed by atoms with E-state index < -0.39 is 0 Å². The normalized spacial score (nSPS) is 15.7. The molecule has 0 radical (unpaired) electrons. The van der Waals surface area contributed by atoms with Crippen molar-refractivity contribution in [2.24, 2.45) is 5.92 Å². The standard InChI is InChI=1S/C15H20N2O2S/c1-11(18)13-2-4-14(5-3-13)17-15(19)16-10-12-6-8-20-9-7-12/h2-5,12H,6-10H2,1H3,(H2,16,17,19). The summed E-state index contributed by atoms with van der Waals surface area (Å²) in [5.41, 5.74) is 1.35. The topological polar surface area (TPSA) is 58.2 Å². The first-order chi connectivity index (χ1) is 9.65. The van der Waals surface area contributed by atoms with Gasteiger partial charge in [0.1, 0.15) is 0 Å². The summed E-state index contributed by atoms with van der Waals surface area (Å²) in [4.78, 5) is 22.9. The zero-order valence-electron chi connectivity index (χ0n) is 11.6. The van der Waals surface area contributed by atoms with Crippen LogP contribution in [0.2, 0.25) is 0 Å². The molecule has 0 unspecified atom stereocenters. The molecule has 1 aliphatic heterocycles. The van der Waals surface area contributed by atoms with Gasteiger partial charge in [-0.25, -0.2) is 4.79 Å². The Hall–Kier alpha value is -1.49. The quantitative estimate of drug-likeness (QED) is 0.838. The van der Waals surface area contributed by atoms with E-state index >= 15 is 0 Å². The molecule has 108 valence electrons. The predicted octanol–water partition coefficient (Wildman–Crippen LogP) is 3.15. The molecule has 1 aromatic rings. The average Bonchev–Trinajstić information content (AvgIpc) is 2.47. The minimum atomic E-state index is -0.182. The number of nitrogens with one attached hydrogen (secondary N) is 2. The number of carbonyl (C=O) groups excluding carboxylic acids is 2. The van der Waals surface area contributed by atoms with Gasteiger partial charge >= 0.3 is 6.03 Å². The number of carbonyl (C=O) groups is 2. The van der Waals surface area contributed by atoms with Crippen molar-refractivity contribution in [3.8, 4) is 0 Å². The van der Waals surface area contributed by atoms with Gasteiger partial charge in [0.15, 0.2) is 5.78 Å². The monoisotopic (exact) mass is 292 g/mol. The SMILES string of the molecule is CC(=O)c1ccc(NC(=O)NCC2CCSCC2)cc1. The van der Waals surface area contributed by atoms with Gasteiger partial charge in [0.25, 0.3) is 0 Å². The van der Waals surface area contributed by atoms with Gasteiger partial charge in [0.05, 0.1) is 0 Å². The fourth-order valence-electron chi connectivity index (χ4n) is 2.15. The molecule has 2 N–H and O–H groups in total. The summed E-state index contributed by atoms with van der Waals surface area (Å²) < 4.78 is 0. The van der Waals surface area contributed by atoms with E-state index in [2.05, 4.69) is 10.6 Å². The van der Waals surface area contributed by atoms with Crippen molar-refractivity contribution in [1.29, 1.82) is 0 Å². The highest BCUT2D eigenvalue weighted by Crippen LogP contribution is 2.21. The smallest absolute Gasteiger partial charge is 0.319 e. The number of ketones is 1. The summed E-state index contributed by atoms with van der Waals surface area (Å²) in [5.74, 6) is 3.01. The highest BCUT2D eigenvalue weighted by atomic mass is 32.2. The van der Waals surface area contributed by atoms with Crippen LogP contribution in [0, 0.1) is 5.92 Å². The van der Waals surface area contributed by atoms with Crippen LogP contribution in [0.3, 0.4) is 0 Å². The number of anilines is 1. The number of rotatable bonds is 4. The Morgan fingerprint density at radius 3 is 2.45 bits per heavy atom. The Morgan fingerprint density at radius 1 is 1.20 bits per heavy atom. The number of Topliss-reactive ketones (excluding diaryl/α,β-unsaturated/α-hetero) is 1. The third-order valence-corrected chi connectivity index (χ3v) is 4.49. The molecule has 1 fully saturated rings. The van der Waals surface area contributed by atoms with Gasteiger partial charge < -0.3 is 10.6 Å². The van der Waals surface area contributed by atoms with Gasteiger partial charge in [-0.1, -0.05) is 0 Å². The molecule has 0 atom stereocenters. The van der Waals surface area contributed by atoms with Crippen molar-refractivity contribution < 1.29 is 9.59 Å². The number of hydrogen-bond donors (Lipinski definition) is 2. The maximum absolute atomic E-state index is 11.8. The average molecular weight is 292 g/mol. The second-order valence-corrected chi connectivity index (χ2v) is 6.25. The van der Waals surface area contributed by atoms with Crippen LogP contribution < -0.4 is 10.6 Å². The van der Waals surface area contributed by atoms with Gasteiger partial charge in [-0.3, -0.25) is 4.79 Å². The Balaban J connectivity index is 1.77. The van der Waals surface area contributed by atoms with E-state index in [1.54, 1.807) is 24.3 Å². The highest BCUT2D eigenvalue weighted by molar-refractivity contribution is 7.99. The molecule has 1 heterocycles. The lowest BCUT2D eigenvalue weighted by atomic mass is 10.0. The molecule has 0 spiro atoms. The molecule has 0 aliphatic carbocycles. The molecule has 0 aromatic heterocycles. The molecule has 4 nitrogen and oxygen atoms in total. The van der Waals surface area contributed by atoms with Crippen LogP contribution in [0.1, 0.15) is 30.1 Å². The largest absolute Gasteiger partial charge is 0.338 e. The van der Waals surface area contributed by atoms with E-state index in [0.717, 1.165) is 6.54 Å². The molecule has 0 bridgehead atoms. The Kier molecular flexibility index (Phi) is 5.47. The lowest BCUT2D eigenvalue weighted by Gasteiger charge is -2.21. The van der Waals surface area contributed by atoms with Crippen LogP contribution in [-0.4, -0.2) is 29.9 Å². The van der Waals surface area contributed by atoms with E-state index in [1.165, 1.54) is 31.3 Å². The van der Waals surface area contributed by atoms with Crippen LogP contribution in [-0.2, 0) is 0 Å². The van der Waals surface area contributed by atoms with E-state index in [4.69, 9.17) is 0 Å². The van der Waals surface area contributed by atoms with E-state index in [0.29, 0.717) is 17.2 Å². The molecule has 2 rings (SSSR count). The number of benzene rings is 1.